The van der Waals surface area contributed by atoms with E-state index in [1.165, 1.54) is 23.3 Å². The predicted molar refractivity (Wildman–Crippen MR) is 74.8 cm³/mol. The zero-order valence-electron chi connectivity index (χ0n) is 10.5. The molecule has 2 rings (SSSR count). The molecular formula is C11H11BrN4O4. The number of aromatic nitrogens is 1. The fourth-order valence-corrected chi connectivity index (χ4v) is 2.28. The molecule has 0 bridgehead atoms. The standard InChI is InChI=1S/C11H11BrN4O4/c1-2-20-11(17)8-6-9(12)14-15(8)10-7(16(18)19)4-3-5-13-10/h3-5,8H,2,6H2,1H3. The number of nitrogens with zero attached hydrogens (tertiary/aromatic N) is 4. The van der Waals surface area contributed by atoms with Gasteiger partial charge < -0.3 is 4.74 Å². The van der Waals surface area contributed by atoms with E-state index in [1.807, 2.05) is 0 Å². The number of esters is 1. The second kappa shape index (κ2) is 5.95. The van der Waals surface area contributed by atoms with Gasteiger partial charge in [-0.1, -0.05) is 0 Å². The van der Waals surface area contributed by atoms with Crippen LogP contribution in [0.1, 0.15) is 13.3 Å². The first-order valence-electron chi connectivity index (χ1n) is 5.82. The van der Waals surface area contributed by atoms with Crippen LogP contribution in [0.15, 0.2) is 23.4 Å². The van der Waals surface area contributed by atoms with Gasteiger partial charge in [-0.25, -0.2) is 14.8 Å². The van der Waals surface area contributed by atoms with Crippen LogP contribution in [0.4, 0.5) is 11.5 Å². The zero-order valence-corrected chi connectivity index (χ0v) is 12.1. The highest BCUT2D eigenvalue weighted by Crippen LogP contribution is 2.32. The average Bonchev–Trinajstić information content (AvgIpc) is 2.81. The normalized spacial score (nSPS) is 17.8. The molecule has 0 N–H and O–H groups in total. The molecule has 0 amide bonds. The number of nitro groups is 1. The van der Waals surface area contributed by atoms with Crippen LogP contribution in [0.3, 0.4) is 0 Å². The molecule has 1 aromatic heterocycles. The first-order valence-corrected chi connectivity index (χ1v) is 6.62. The molecule has 1 aliphatic rings. The Morgan fingerprint density at radius 3 is 3.10 bits per heavy atom. The van der Waals surface area contributed by atoms with Crippen LogP contribution in [0.25, 0.3) is 0 Å². The first kappa shape index (κ1) is 14.4. The van der Waals surface area contributed by atoms with Crippen LogP contribution in [0.5, 0.6) is 0 Å². The lowest BCUT2D eigenvalue weighted by molar-refractivity contribution is -0.384. The molecule has 1 atom stereocenters. The van der Waals surface area contributed by atoms with Crippen molar-refractivity contribution in [3.05, 3.63) is 28.4 Å². The Morgan fingerprint density at radius 2 is 2.45 bits per heavy atom. The quantitative estimate of drug-likeness (QED) is 0.470. The van der Waals surface area contributed by atoms with Gasteiger partial charge >= 0.3 is 11.7 Å². The van der Waals surface area contributed by atoms with Crippen LogP contribution >= 0.6 is 15.9 Å². The summed E-state index contributed by atoms with van der Waals surface area (Å²) in [7, 11) is 0. The van der Waals surface area contributed by atoms with Gasteiger partial charge in [0, 0.05) is 18.7 Å². The summed E-state index contributed by atoms with van der Waals surface area (Å²) < 4.78 is 5.46. The zero-order chi connectivity index (χ0) is 14.7. The van der Waals surface area contributed by atoms with Crippen molar-refractivity contribution in [2.45, 2.75) is 19.4 Å². The molecule has 0 saturated carbocycles. The van der Waals surface area contributed by atoms with Gasteiger partial charge in [-0.15, -0.1) is 0 Å². The Bertz CT molecular complexity index is 577. The molecule has 0 saturated heterocycles. The van der Waals surface area contributed by atoms with Gasteiger partial charge in [0.15, 0.2) is 6.04 Å². The van der Waals surface area contributed by atoms with Gasteiger partial charge in [0.05, 0.1) is 11.5 Å². The van der Waals surface area contributed by atoms with Crippen LogP contribution in [0.2, 0.25) is 0 Å². The smallest absolute Gasteiger partial charge is 0.331 e. The van der Waals surface area contributed by atoms with E-state index < -0.39 is 16.9 Å². The molecule has 8 nitrogen and oxygen atoms in total. The molecule has 1 aliphatic heterocycles. The van der Waals surface area contributed by atoms with E-state index in [9.17, 15) is 14.9 Å². The molecule has 0 radical (unpaired) electrons. The minimum absolute atomic E-state index is 0.0185. The third-order valence-corrected chi connectivity index (χ3v) is 3.09. The van der Waals surface area contributed by atoms with Crippen LogP contribution in [0, 0.1) is 10.1 Å². The minimum Gasteiger partial charge on any atom is -0.464 e. The average molecular weight is 343 g/mol. The number of rotatable bonds is 4. The fourth-order valence-electron chi connectivity index (χ4n) is 1.80. The number of anilines is 1. The van der Waals surface area contributed by atoms with E-state index in [-0.39, 0.29) is 24.5 Å². The maximum atomic E-state index is 11.9. The number of ether oxygens (including phenoxy) is 1. The number of hydrogen-bond donors (Lipinski definition) is 0. The van der Waals surface area contributed by atoms with E-state index in [1.54, 1.807) is 6.92 Å². The summed E-state index contributed by atoms with van der Waals surface area (Å²) in [5, 5.41) is 16.3. The summed E-state index contributed by atoms with van der Waals surface area (Å²) in [5.41, 5.74) is -0.215. The number of pyridine rings is 1. The number of carbonyl (C=O) groups excluding carboxylic acids is 1. The molecule has 2 heterocycles. The lowest BCUT2D eigenvalue weighted by Gasteiger charge is -2.20. The topological polar surface area (TPSA) is 97.9 Å². The first-order chi connectivity index (χ1) is 9.54. The minimum atomic E-state index is -0.752. The van der Waals surface area contributed by atoms with Gasteiger partial charge in [0.25, 0.3) is 0 Å². The highest BCUT2D eigenvalue weighted by Gasteiger charge is 2.37. The SMILES string of the molecule is CCOC(=O)C1CC(Br)=NN1c1ncccc1[N+](=O)[O-]. The van der Waals surface area contributed by atoms with Crippen molar-refractivity contribution in [2.24, 2.45) is 5.10 Å². The molecule has 106 valence electrons. The lowest BCUT2D eigenvalue weighted by atomic mass is 10.2. The molecule has 0 aromatic carbocycles. The highest BCUT2D eigenvalue weighted by atomic mass is 79.9. The molecule has 1 unspecified atom stereocenters. The van der Waals surface area contributed by atoms with Gasteiger partial charge in [-0.3, -0.25) is 10.1 Å². The summed E-state index contributed by atoms with van der Waals surface area (Å²) in [5.74, 6) is -0.476. The predicted octanol–water partition coefficient (Wildman–Crippen LogP) is 1.84. The van der Waals surface area contributed by atoms with E-state index >= 15 is 0 Å². The van der Waals surface area contributed by atoms with Crippen LogP contribution in [-0.4, -0.2) is 33.1 Å². The van der Waals surface area contributed by atoms with Gasteiger partial charge in [0.1, 0.15) is 4.62 Å². The Balaban J connectivity index is 2.39. The van der Waals surface area contributed by atoms with Crippen molar-refractivity contribution < 1.29 is 14.5 Å². The van der Waals surface area contributed by atoms with Crippen molar-refractivity contribution >= 4 is 38.0 Å². The number of carbonyl (C=O) groups is 1. The largest absolute Gasteiger partial charge is 0.464 e. The maximum Gasteiger partial charge on any atom is 0.331 e. The second-order valence-electron chi connectivity index (χ2n) is 3.90. The Morgan fingerprint density at radius 1 is 1.70 bits per heavy atom. The van der Waals surface area contributed by atoms with E-state index in [4.69, 9.17) is 4.74 Å². The third-order valence-electron chi connectivity index (χ3n) is 2.61. The number of hydrazone groups is 1. The van der Waals surface area contributed by atoms with Crippen molar-refractivity contribution in [2.75, 3.05) is 11.6 Å². The van der Waals surface area contributed by atoms with Crippen molar-refractivity contribution in [1.29, 1.82) is 0 Å². The molecule has 1 aromatic rings. The summed E-state index contributed by atoms with van der Waals surface area (Å²) in [6.07, 6.45) is 1.69. The van der Waals surface area contributed by atoms with E-state index in [2.05, 4.69) is 26.0 Å². The molecule has 0 spiro atoms. The number of hydrogen-bond acceptors (Lipinski definition) is 7. The fraction of sp³-hybridized carbons (Fsp3) is 0.364. The van der Waals surface area contributed by atoms with Crippen molar-refractivity contribution in [1.82, 2.24) is 4.98 Å². The lowest BCUT2D eigenvalue weighted by Crippen LogP contribution is -2.36. The summed E-state index contributed by atoms with van der Waals surface area (Å²) in [6.45, 7) is 1.92. The van der Waals surface area contributed by atoms with Crippen LogP contribution in [-0.2, 0) is 9.53 Å². The van der Waals surface area contributed by atoms with Gasteiger partial charge in [-0.05, 0) is 28.9 Å². The molecule has 0 aliphatic carbocycles. The third kappa shape index (κ3) is 2.77. The van der Waals surface area contributed by atoms with Gasteiger partial charge in [-0.2, -0.15) is 5.10 Å². The maximum absolute atomic E-state index is 11.9. The van der Waals surface area contributed by atoms with Gasteiger partial charge in [0.2, 0.25) is 5.82 Å². The molecule has 20 heavy (non-hydrogen) atoms. The van der Waals surface area contributed by atoms with Crippen LogP contribution < -0.4 is 5.01 Å². The second-order valence-corrected chi connectivity index (χ2v) is 4.81. The molecular weight excluding hydrogens is 332 g/mol. The van der Waals surface area contributed by atoms with E-state index in [0.29, 0.717) is 4.62 Å². The molecule has 0 fully saturated rings. The van der Waals surface area contributed by atoms with Crippen molar-refractivity contribution in [3.8, 4) is 0 Å². The molecule has 9 heteroatoms. The van der Waals surface area contributed by atoms with E-state index in [0.717, 1.165) is 0 Å². The summed E-state index contributed by atoms with van der Waals surface area (Å²) in [6, 6.07) is 2.01. The van der Waals surface area contributed by atoms with Crippen molar-refractivity contribution in [3.63, 3.8) is 0 Å². The summed E-state index contributed by atoms with van der Waals surface area (Å²) in [4.78, 5) is 26.3. The Kier molecular flexibility index (Phi) is 4.28. The Labute approximate surface area is 122 Å². The number of halogens is 1. The highest BCUT2D eigenvalue weighted by molar-refractivity contribution is 9.18. The monoisotopic (exact) mass is 342 g/mol. The Hall–Kier alpha value is -2.03. The summed E-state index contributed by atoms with van der Waals surface area (Å²) >= 11 is 3.20.